The number of nitrogen functional groups attached to an aromatic ring is 2. The van der Waals surface area contributed by atoms with Crippen molar-refractivity contribution in [3.63, 3.8) is 0 Å². The molecule has 0 radical (unpaired) electrons. The molecule has 0 spiro atoms. The largest absolute Gasteiger partial charge is 0.478 e. The van der Waals surface area contributed by atoms with E-state index in [0.29, 0.717) is 11.1 Å². The average molecular weight is 355 g/mol. The normalized spacial score (nSPS) is 10.5. The topological polar surface area (TPSA) is 127 Å². The first-order chi connectivity index (χ1) is 10.7. The summed E-state index contributed by atoms with van der Waals surface area (Å²) in [7, 11) is 0. The number of halogens is 2. The molecule has 0 atom stereocenters. The van der Waals surface area contributed by atoms with Gasteiger partial charge in [0.25, 0.3) is 0 Å². The van der Waals surface area contributed by atoms with Crippen LogP contribution in [0.15, 0.2) is 24.3 Å². The summed E-state index contributed by atoms with van der Waals surface area (Å²) in [4.78, 5) is 22.8. The summed E-state index contributed by atoms with van der Waals surface area (Å²) in [5.74, 6) is -2.51. The lowest BCUT2D eigenvalue weighted by Gasteiger charge is -2.13. The van der Waals surface area contributed by atoms with Gasteiger partial charge in [-0.25, -0.2) is 9.59 Å². The molecule has 0 aliphatic rings. The van der Waals surface area contributed by atoms with Gasteiger partial charge in [-0.2, -0.15) is 0 Å². The second-order valence-corrected chi connectivity index (χ2v) is 5.55. The van der Waals surface area contributed by atoms with Gasteiger partial charge in [-0.1, -0.05) is 35.3 Å². The van der Waals surface area contributed by atoms with Crippen LogP contribution in [0.1, 0.15) is 31.8 Å². The van der Waals surface area contributed by atoms with Gasteiger partial charge in [0.2, 0.25) is 0 Å². The van der Waals surface area contributed by atoms with Crippen LogP contribution in [-0.2, 0) is 6.42 Å². The highest BCUT2D eigenvalue weighted by Crippen LogP contribution is 2.32. The maximum Gasteiger partial charge on any atom is 0.337 e. The Bertz CT molecular complexity index is 754. The van der Waals surface area contributed by atoms with E-state index >= 15 is 0 Å². The van der Waals surface area contributed by atoms with Crippen LogP contribution >= 0.6 is 23.2 Å². The molecule has 2 aromatic carbocycles. The van der Waals surface area contributed by atoms with Crippen molar-refractivity contribution < 1.29 is 19.8 Å². The van der Waals surface area contributed by atoms with E-state index in [9.17, 15) is 19.8 Å². The Hall–Kier alpha value is -2.44. The van der Waals surface area contributed by atoms with Crippen LogP contribution in [-0.4, -0.2) is 22.2 Å². The Kier molecular flexibility index (Phi) is 4.68. The fourth-order valence-electron chi connectivity index (χ4n) is 2.23. The predicted octanol–water partition coefficient (Wildman–Crippen LogP) is 3.15. The minimum atomic E-state index is -1.25. The van der Waals surface area contributed by atoms with E-state index in [2.05, 4.69) is 0 Å². The van der Waals surface area contributed by atoms with Crippen molar-refractivity contribution in [3.8, 4) is 0 Å². The first-order valence-corrected chi connectivity index (χ1v) is 7.10. The van der Waals surface area contributed by atoms with Gasteiger partial charge in [0, 0.05) is 0 Å². The summed E-state index contributed by atoms with van der Waals surface area (Å²) < 4.78 is 0. The van der Waals surface area contributed by atoms with Crippen molar-refractivity contribution in [3.05, 3.63) is 56.6 Å². The molecule has 0 heterocycles. The van der Waals surface area contributed by atoms with Crippen LogP contribution in [0.2, 0.25) is 10.0 Å². The molecular weight excluding hydrogens is 343 g/mol. The van der Waals surface area contributed by atoms with E-state index in [1.165, 1.54) is 24.3 Å². The zero-order valence-corrected chi connectivity index (χ0v) is 13.1. The lowest BCUT2D eigenvalue weighted by molar-refractivity contribution is 0.0686. The van der Waals surface area contributed by atoms with Crippen molar-refractivity contribution >= 4 is 46.5 Å². The number of rotatable bonds is 4. The number of hydrogen-bond donors (Lipinski definition) is 4. The molecule has 0 aromatic heterocycles. The fourth-order valence-corrected chi connectivity index (χ4v) is 2.76. The lowest BCUT2D eigenvalue weighted by Crippen LogP contribution is -2.10. The number of hydrogen-bond acceptors (Lipinski definition) is 4. The molecule has 0 aliphatic carbocycles. The standard InChI is InChI=1S/C15H12Cl2N2O4/c16-12-8(18)3-1-6(10(12)14(20)21)5-7-2-4-9(19)13(17)11(7)15(22)23/h1-4H,5,18-19H2,(H,20,21)(H,22,23). The number of carbonyl (C=O) groups is 2. The molecule has 6 nitrogen and oxygen atoms in total. The molecule has 2 aromatic rings. The van der Waals surface area contributed by atoms with Crippen LogP contribution in [0.5, 0.6) is 0 Å². The molecule has 0 unspecified atom stereocenters. The molecule has 23 heavy (non-hydrogen) atoms. The van der Waals surface area contributed by atoms with E-state index in [0.717, 1.165) is 0 Å². The molecule has 0 aliphatic heterocycles. The monoisotopic (exact) mass is 354 g/mol. The smallest absolute Gasteiger partial charge is 0.337 e. The molecule has 8 heteroatoms. The van der Waals surface area contributed by atoms with Gasteiger partial charge in [-0.15, -0.1) is 0 Å². The average Bonchev–Trinajstić information content (AvgIpc) is 2.46. The maximum atomic E-state index is 11.4. The number of aromatic carboxylic acids is 2. The van der Waals surface area contributed by atoms with E-state index in [1.807, 2.05) is 0 Å². The number of carboxylic acid groups (broad SMARTS) is 2. The van der Waals surface area contributed by atoms with Gasteiger partial charge in [-0.3, -0.25) is 0 Å². The molecule has 0 amide bonds. The molecule has 6 N–H and O–H groups in total. The van der Waals surface area contributed by atoms with Crippen LogP contribution in [0.4, 0.5) is 11.4 Å². The van der Waals surface area contributed by atoms with Gasteiger partial charge < -0.3 is 21.7 Å². The number of anilines is 2. The number of carboxylic acids is 2. The zero-order chi connectivity index (χ0) is 17.3. The van der Waals surface area contributed by atoms with Crippen molar-refractivity contribution in [2.24, 2.45) is 0 Å². The van der Waals surface area contributed by atoms with Gasteiger partial charge in [0.1, 0.15) is 0 Å². The first-order valence-electron chi connectivity index (χ1n) is 6.34. The van der Waals surface area contributed by atoms with Crippen LogP contribution in [0.3, 0.4) is 0 Å². The Morgan fingerprint density at radius 1 is 0.826 bits per heavy atom. The van der Waals surface area contributed by atoms with E-state index in [4.69, 9.17) is 34.7 Å². The third-order valence-electron chi connectivity index (χ3n) is 3.32. The molecule has 2 rings (SSSR count). The van der Waals surface area contributed by atoms with Gasteiger partial charge in [0.15, 0.2) is 0 Å². The van der Waals surface area contributed by atoms with E-state index < -0.39 is 11.9 Å². The van der Waals surface area contributed by atoms with Crippen molar-refractivity contribution in [2.75, 3.05) is 11.5 Å². The zero-order valence-electron chi connectivity index (χ0n) is 11.6. The van der Waals surface area contributed by atoms with Crippen LogP contribution < -0.4 is 11.5 Å². The summed E-state index contributed by atoms with van der Waals surface area (Å²) in [6, 6.07) is 5.90. The quantitative estimate of drug-likeness (QED) is 0.624. The third-order valence-corrected chi connectivity index (χ3v) is 4.14. The van der Waals surface area contributed by atoms with Crippen molar-refractivity contribution in [1.82, 2.24) is 0 Å². The Morgan fingerprint density at radius 2 is 1.17 bits per heavy atom. The molecule has 0 saturated carbocycles. The Balaban J connectivity index is 2.61. The highest BCUT2D eigenvalue weighted by Gasteiger charge is 2.21. The molecule has 0 fully saturated rings. The van der Waals surface area contributed by atoms with Gasteiger partial charge in [0.05, 0.1) is 32.5 Å². The third kappa shape index (κ3) is 3.18. The van der Waals surface area contributed by atoms with Crippen LogP contribution in [0, 0.1) is 0 Å². The van der Waals surface area contributed by atoms with Gasteiger partial charge in [-0.05, 0) is 29.7 Å². The Labute approximate surface area is 141 Å². The summed E-state index contributed by atoms with van der Waals surface area (Å²) in [6.45, 7) is 0. The van der Waals surface area contributed by atoms with E-state index in [-0.39, 0.29) is 39.0 Å². The number of benzene rings is 2. The maximum absolute atomic E-state index is 11.4. The van der Waals surface area contributed by atoms with Crippen molar-refractivity contribution in [2.45, 2.75) is 6.42 Å². The second-order valence-electron chi connectivity index (χ2n) is 4.79. The molecule has 0 saturated heterocycles. The fraction of sp³-hybridized carbons (Fsp3) is 0.0667. The predicted molar refractivity (Wildman–Crippen MR) is 88.5 cm³/mol. The van der Waals surface area contributed by atoms with Crippen LogP contribution in [0.25, 0.3) is 0 Å². The summed E-state index contributed by atoms with van der Waals surface area (Å²) in [6.07, 6.45) is 0.00324. The second kappa shape index (κ2) is 6.36. The minimum Gasteiger partial charge on any atom is -0.478 e. The highest BCUT2D eigenvalue weighted by atomic mass is 35.5. The molecule has 120 valence electrons. The molecule has 0 bridgehead atoms. The minimum absolute atomic E-state index is 0.00324. The molecular formula is C15H12Cl2N2O4. The Morgan fingerprint density at radius 3 is 1.48 bits per heavy atom. The summed E-state index contributed by atoms with van der Waals surface area (Å²) in [5, 5.41) is 18.5. The SMILES string of the molecule is Nc1ccc(Cc2ccc(N)c(Cl)c2C(=O)O)c(C(=O)O)c1Cl. The highest BCUT2D eigenvalue weighted by molar-refractivity contribution is 6.36. The summed E-state index contributed by atoms with van der Waals surface area (Å²) in [5.41, 5.74) is 11.8. The summed E-state index contributed by atoms with van der Waals surface area (Å²) >= 11 is 11.9. The van der Waals surface area contributed by atoms with E-state index in [1.54, 1.807) is 0 Å². The van der Waals surface area contributed by atoms with Gasteiger partial charge >= 0.3 is 11.9 Å². The number of nitrogens with two attached hydrogens (primary N) is 2. The first kappa shape index (κ1) is 16.9. The lowest BCUT2D eigenvalue weighted by atomic mass is 9.95. The van der Waals surface area contributed by atoms with Crippen molar-refractivity contribution in [1.29, 1.82) is 0 Å².